The monoisotopic (exact) mass is 374 g/mol. The van der Waals surface area contributed by atoms with Crippen LogP contribution in [0.15, 0.2) is 0 Å². The molecule has 8 heteroatoms. The van der Waals surface area contributed by atoms with Gasteiger partial charge in [-0.05, 0) is 6.42 Å². The van der Waals surface area contributed by atoms with Gasteiger partial charge in [-0.15, -0.1) is 0 Å². The van der Waals surface area contributed by atoms with E-state index in [1.54, 1.807) is 0 Å². The summed E-state index contributed by atoms with van der Waals surface area (Å²) in [6, 6.07) is 0. The van der Waals surface area contributed by atoms with E-state index >= 15 is 0 Å². The quantitative estimate of drug-likeness (QED) is 0.283. The Hall–Kier alpha value is -1.67. The number of ether oxygens (including phenoxy) is 1. The molecule has 26 heavy (non-hydrogen) atoms. The molecular weight excluding hydrogens is 344 g/mol. The molecule has 8 nitrogen and oxygen atoms in total. The second-order valence-electron chi connectivity index (χ2n) is 6.96. The summed E-state index contributed by atoms with van der Waals surface area (Å²) in [5.41, 5.74) is -5.87. The first kappa shape index (κ1) is 22.4. The van der Waals surface area contributed by atoms with Crippen LogP contribution in [0.5, 0.6) is 0 Å². The number of aliphatic carboxylic acids is 2. The zero-order valence-electron chi connectivity index (χ0n) is 15.3. The van der Waals surface area contributed by atoms with Crippen LogP contribution in [0.1, 0.15) is 77.6 Å². The summed E-state index contributed by atoms with van der Waals surface area (Å²) in [5, 5.41) is 38.5. The fraction of sp³-hybridized carbons (Fsp3) is 0.833. The number of aliphatic hydroxyl groups excluding tert-OH is 1. The standard InChI is InChI=1S/C18H30O8/c1-2-3-4-5-6-7-8-9-10-11-12-17(15(21)22)18(25,16(23)24)13(19)14(20)26-17/h13,19,25H,2-12H2,1H3,(H,21,22)(H,23,24)/t13-,17+,18-/m1/s1. The van der Waals surface area contributed by atoms with E-state index in [4.69, 9.17) is 0 Å². The van der Waals surface area contributed by atoms with Gasteiger partial charge in [0.15, 0.2) is 6.10 Å². The van der Waals surface area contributed by atoms with Gasteiger partial charge in [-0.3, -0.25) is 0 Å². The van der Waals surface area contributed by atoms with Crippen molar-refractivity contribution in [3.63, 3.8) is 0 Å². The predicted octanol–water partition coefficient (Wildman–Crippen LogP) is 1.85. The summed E-state index contributed by atoms with van der Waals surface area (Å²) in [6.45, 7) is 2.16. The summed E-state index contributed by atoms with van der Waals surface area (Å²) >= 11 is 0. The Morgan fingerprint density at radius 1 is 0.923 bits per heavy atom. The number of carboxylic acid groups (broad SMARTS) is 2. The van der Waals surface area contributed by atoms with Crippen molar-refractivity contribution in [3.8, 4) is 0 Å². The normalized spacial score (nSPS) is 28.1. The second kappa shape index (κ2) is 9.87. The molecule has 1 fully saturated rings. The highest BCUT2D eigenvalue weighted by molar-refractivity contribution is 6.01. The lowest BCUT2D eigenvalue weighted by Crippen LogP contribution is -2.65. The topological polar surface area (TPSA) is 141 Å². The molecule has 0 radical (unpaired) electrons. The SMILES string of the molecule is CCCCCCCCCCCC[C@@]1(C(=O)O)OC(=O)[C@@H](O)[C@@]1(O)C(=O)O. The van der Waals surface area contributed by atoms with E-state index in [0.29, 0.717) is 6.42 Å². The highest BCUT2D eigenvalue weighted by atomic mass is 16.6. The Balaban J connectivity index is 2.50. The Morgan fingerprint density at radius 3 is 1.81 bits per heavy atom. The number of hydrogen-bond acceptors (Lipinski definition) is 6. The molecular formula is C18H30O8. The first-order valence-corrected chi connectivity index (χ1v) is 9.34. The van der Waals surface area contributed by atoms with E-state index in [9.17, 15) is 34.8 Å². The first-order valence-electron chi connectivity index (χ1n) is 9.34. The second-order valence-corrected chi connectivity index (χ2v) is 6.96. The van der Waals surface area contributed by atoms with Crippen molar-refractivity contribution < 1.29 is 39.5 Å². The fourth-order valence-corrected chi connectivity index (χ4v) is 3.40. The number of carbonyl (C=O) groups excluding carboxylic acids is 1. The minimum absolute atomic E-state index is 0.262. The Morgan fingerprint density at radius 2 is 1.38 bits per heavy atom. The van der Waals surface area contributed by atoms with Gasteiger partial charge in [0, 0.05) is 6.42 Å². The molecule has 150 valence electrons. The van der Waals surface area contributed by atoms with E-state index in [-0.39, 0.29) is 12.8 Å². The van der Waals surface area contributed by atoms with Crippen molar-refractivity contribution in [3.05, 3.63) is 0 Å². The highest BCUT2D eigenvalue weighted by Crippen LogP contribution is 2.41. The lowest BCUT2D eigenvalue weighted by Gasteiger charge is -2.33. The molecule has 0 spiro atoms. The van der Waals surface area contributed by atoms with Crippen molar-refractivity contribution in [1.29, 1.82) is 0 Å². The van der Waals surface area contributed by atoms with Crippen LogP contribution in [-0.2, 0) is 19.1 Å². The van der Waals surface area contributed by atoms with Crippen molar-refractivity contribution >= 4 is 17.9 Å². The molecule has 0 aliphatic carbocycles. The number of carbonyl (C=O) groups is 3. The van der Waals surface area contributed by atoms with Crippen molar-refractivity contribution in [1.82, 2.24) is 0 Å². The minimum atomic E-state index is -3.20. The molecule has 1 saturated heterocycles. The summed E-state index contributed by atoms with van der Waals surface area (Å²) in [4.78, 5) is 34.5. The molecule has 0 saturated carbocycles. The van der Waals surface area contributed by atoms with Gasteiger partial charge in [-0.1, -0.05) is 64.7 Å². The largest absolute Gasteiger partial charge is 0.479 e. The molecule has 3 atom stereocenters. The van der Waals surface area contributed by atoms with Crippen LogP contribution in [0.3, 0.4) is 0 Å². The van der Waals surface area contributed by atoms with E-state index in [1.165, 1.54) is 25.7 Å². The van der Waals surface area contributed by atoms with Crippen LogP contribution in [-0.4, -0.2) is 55.6 Å². The summed E-state index contributed by atoms with van der Waals surface area (Å²) in [5.74, 6) is -5.21. The van der Waals surface area contributed by atoms with E-state index < -0.39 is 35.2 Å². The molecule has 1 aliphatic heterocycles. The van der Waals surface area contributed by atoms with Gasteiger partial charge in [0.25, 0.3) is 5.60 Å². The van der Waals surface area contributed by atoms with Crippen molar-refractivity contribution in [2.24, 2.45) is 0 Å². The number of rotatable bonds is 13. The lowest BCUT2D eigenvalue weighted by molar-refractivity contribution is -0.204. The molecule has 0 aromatic heterocycles. The Kier molecular flexibility index (Phi) is 8.49. The van der Waals surface area contributed by atoms with Crippen LogP contribution in [0.4, 0.5) is 0 Å². The zero-order chi connectivity index (χ0) is 19.8. The molecule has 0 bridgehead atoms. The van der Waals surface area contributed by atoms with Gasteiger partial charge < -0.3 is 25.2 Å². The molecule has 0 unspecified atom stereocenters. The molecule has 1 aliphatic rings. The first-order chi connectivity index (χ1) is 12.2. The average molecular weight is 374 g/mol. The predicted molar refractivity (Wildman–Crippen MR) is 91.5 cm³/mol. The van der Waals surface area contributed by atoms with Crippen molar-refractivity contribution in [2.75, 3.05) is 0 Å². The Labute approximate surface area is 153 Å². The van der Waals surface area contributed by atoms with Gasteiger partial charge in [-0.25, -0.2) is 14.4 Å². The lowest BCUT2D eigenvalue weighted by atomic mass is 9.77. The van der Waals surface area contributed by atoms with Gasteiger partial charge in [0.1, 0.15) is 0 Å². The zero-order valence-corrected chi connectivity index (χ0v) is 15.3. The number of carboxylic acids is 2. The third kappa shape index (κ3) is 4.54. The van der Waals surface area contributed by atoms with Gasteiger partial charge in [0.2, 0.25) is 5.60 Å². The summed E-state index contributed by atoms with van der Waals surface area (Å²) in [7, 11) is 0. The number of cyclic esters (lactones) is 1. The van der Waals surface area contributed by atoms with Gasteiger partial charge >= 0.3 is 17.9 Å². The number of hydrogen-bond donors (Lipinski definition) is 4. The van der Waals surface area contributed by atoms with E-state index in [2.05, 4.69) is 11.7 Å². The average Bonchev–Trinajstić information content (AvgIpc) is 2.79. The number of esters is 1. The molecule has 0 aromatic rings. The molecule has 1 heterocycles. The molecule has 1 rings (SSSR count). The van der Waals surface area contributed by atoms with Crippen LogP contribution < -0.4 is 0 Å². The van der Waals surface area contributed by atoms with E-state index in [0.717, 1.165) is 25.7 Å². The van der Waals surface area contributed by atoms with Crippen molar-refractivity contribution in [2.45, 2.75) is 94.9 Å². The van der Waals surface area contributed by atoms with E-state index in [1.807, 2.05) is 0 Å². The third-order valence-electron chi connectivity index (χ3n) is 5.06. The maximum absolute atomic E-state index is 11.6. The van der Waals surface area contributed by atoms with Crippen LogP contribution in [0.2, 0.25) is 0 Å². The smallest absolute Gasteiger partial charge is 0.352 e. The maximum atomic E-state index is 11.6. The Bertz CT molecular complexity index is 505. The van der Waals surface area contributed by atoms with Crippen LogP contribution >= 0.6 is 0 Å². The summed E-state index contributed by atoms with van der Waals surface area (Å²) in [6.07, 6.45) is 7.02. The van der Waals surface area contributed by atoms with Crippen LogP contribution in [0, 0.1) is 0 Å². The van der Waals surface area contributed by atoms with Crippen LogP contribution in [0.25, 0.3) is 0 Å². The third-order valence-corrected chi connectivity index (χ3v) is 5.06. The molecule has 0 aromatic carbocycles. The maximum Gasteiger partial charge on any atom is 0.352 e. The van der Waals surface area contributed by atoms with Gasteiger partial charge in [-0.2, -0.15) is 0 Å². The number of unbranched alkanes of at least 4 members (excludes halogenated alkanes) is 9. The minimum Gasteiger partial charge on any atom is -0.479 e. The summed E-state index contributed by atoms with van der Waals surface area (Å²) < 4.78 is 4.66. The fourth-order valence-electron chi connectivity index (χ4n) is 3.40. The molecule has 4 N–H and O–H groups in total. The number of aliphatic hydroxyl groups is 2. The van der Waals surface area contributed by atoms with Gasteiger partial charge in [0.05, 0.1) is 0 Å². The highest BCUT2D eigenvalue weighted by Gasteiger charge is 2.74. The molecule has 0 amide bonds.